The van der Waals surface area contributed by atoms with E-state index in [4.69, 9.17) is 4.74 Å². The van der Waals surface area contributed by atoms with Gasteiger partial charge in [-0.2, -0.15) is 0 Å². The Balaban J connectivity index is 1.56. The largest absolute Gasteiger partial charge is 0.494 e. The molecule has 1 saturated heterocycles. The monoisotopic (exact) mass is 430 g/mol. The highest BCUT2D eigenvalue weighted by atomic mass is 32.1. The van der Waals surface area contributed by atoms with Gasteiger partial charge in [-0.15, -0.1) is 11.3 Å². The zero-order valence-electron chi connectivity index (χ0n) is 17.8. The van der Waals surface area contributed by atoms with E-state index in [2.05, 4.69) is 34.4 Å². The van der Waals surface area contributed by atoms with E-state index >= 15 is 0 Å². The third-order valence-electron chi connectivity index (χ3n) is 4.97. The highest BCUT2D eigenvalue weighted by Crippen LogP contribution is 2.20. The Hall–Kier alpha value is -2.45. The van der Waals surface area contributed by atoms with Crippen LogP contribution in [0, 0.1) is 0 Å². The molecule has 1 aliphatic heterocycles. The van der Waals surface area contributed by atoms with Crippen molar-refractivity contribution in [2.75, 3.05) is 19.7 Å². The Labute approximate surface area is 181 Å². The number of hydrogen-bond acceptors (Lipinski definition) is 6. The van der Waals surface area contributed by atoms with Crippen molar-refractivity contribution in [1.29, 1.82) is 0 Å². The van der Waals surface area contributed by atoms with E-state index in [0.717, 1.165) is 22.0 Å². The van der Waals surface area contributed by atoms with Crippen LogP contribution in [0.3, 0.4) is 0 Å². The summed E-state index contributed by atoms with van der Waals surface area (Å²) in [5.74, 6) is 0.962. The summed E-state index contributed by atoms with van der Waals surface area (Å²) in [4.78, 5) is 31.6. The van der Waals surface area contributed by atoms with Crippen LogP contribution in [0.1, 0.15) is 49.4 Å². The Morgan fingerprint density at radius 1 is 1.37 bits per heavy atom. The normalized spacial score (nSPS) is 17.1. The van der Waals surface area contributed by atoms with Gasteiger partial charge < -0.3 is 15.4 Å². The van der Waals surface area contributed by atoms with E-state index in [1.165, 1.54) is 0 Å². The van der Waals surface area contributed by atoms with Crippen LogP contribution in [0.2, 0.25) is 0 Å². The lowest BCUT2D eigenvalue weighted by molar-refractivity contribution is -0.134. The zero-order chi connectivity index (χ0) is 21.5. The van der Waals surface area contributed by atoms with Gasteiger partial charge in [-0.25, -0.2) is 4.98 Å². The van der Waals surface area contributed by atoms with Crippen molar-refractivity contribution in [1.82, 2.24) is 20.5 Å². The molecule has 0 spiro atoms. The van der Waals surface area contributed by atoms with E-state index in [1.807, 2.05) is 36.6 Å². The second kappa shape index (κ2) is 10.5. The molecule has 0 aliphatic carbocycles. The SMILES string of the molecule is CCOc1ccc(CN2CCNC(=O)[C@@H]2CC(=O)NCc2csc(C(C)C)n2)cc1. The first-order valence-corrected chi connectivity index (χ1v) is 11.3. The van der Waals surface area contributed by atoms with Gasteiger partial charge >= 0.3 is 0 Å². The lowest BCUT2D eigenvalue weighted by atomic mass is 10.1. The molecule has 2 amide bonds. The average molecular weight is 431 g/mol. The molecule has 1 aromatic carbocycles. The summed E-state index contributed by atoms with van der Waals surface area (Å²) in [7, 11) is 0. The van der Waals surface area contributed by atoms with E-state index in [-0.39, 0.29) is 18.2 Å². The average Bonchev–Trinajstić information content (AvgIpc) is 3.20. The van der Waals surface area contributed by atoms with E-state index in [0.29, 0.717) is 38.7 Å². The number of aromatic nitrogens is 1. The van der Waals surface area contributed by atoms with Crippen LogP contribution in [0.5, 0.6) is 5.75 Å². The van der Waals surface area contributed by atoms with E-state index < -0.39 is 6.04 Å². The van der Waals surface area contributed by atoms with Gasteiger partial charge in [-0.05, 0) is 24.6 Å². The van der Waals surface area contributed by atoms with Gasteiger partial charge in [-0.1, -0.05) is 26.0 Å². The van der Waals surface area contributed by atoms with Crippen LogP contribution >= 0.6 is 11.3 Å². The molecule has 3 rings (SSSR count). The molecular weight excluding hydrogens is 400 g/mol. The van der Waals surface area contributed by atoms with Crippen molar-refractivity contribution in [3.8, 4) is 5.75 Å². The summed E-state index contributed by atoms with van der Waals surface area (Å²) in [6.45, 7) is 9.07. The summed E-state index contributed by atoms with van der Waals surface area (Å²) >= 11 is 1.61. The van der Waals surface area contributed by atoms with Gasteiger partial charge in [0.2, 0.25) is 11.8 Å². The molecule has 1 atom stereocenters. The summed E-state index contributed by atoms with van der Waals surface area (Å²) in [5, 5.41) is 8.82. The number of ether oxygens (including phenoxy) is 1. The second-order valence-electron chi connectivity index (χ2n) is 7.67. The van der Waals surface area contributed by atoms with Crippen molar-refractivity contribution in [3.63, 3.8) is 0 Å². The first-order chi connectivity index (χ1) is 14.5. The van der Waals surface area contributed by atoms with Crippen molar-refractivity contribution in [2.45, 2.75) is 52.2 Å². The third kappa shape index (κ3) is 6.03. The van der Waals surface area contributed by atoms with Crippen LogP contribution in [0.15, 0.2) is 29.6 Å². The Bertz CT molecular complexity index is 850. The lowest BCUT2D eigenvalue weighted by Gasteiger charge is -2.34. The van der Waals surface area contributed by atoms with Crippen molar-refractivity contribution in [3.05, 3.63) is 45.9 Å². The van der Waals surface area contributed by atoms with Crippen LogP contribution in [0.4, 0.5) is 0 Å². The third-order valence-corrected chi connectivity index (χ3v) is 6.16. The molecule has 30 heavy (non-hydrogen) atoms. The highest BCUT2D eigenvalue weighted by molar-refractivity contribution is 7.09. The van der Waals surface area contributed by atoms with Crippen molar-refractivity contribution >= 4 is 23.2 Å². The molecule has 2 N–H and O–H groups in total. The minimum Gasteiger partial charge on any atom is -0.494 e. The number of hydrogen-bond donors (Lipinski definition) is 2. The number of benzene rings is 1. The fourth-order valence-electron chi connectivity index (χ4n) is 3.37. The lowest BCUT2D eigenvalue weighted by Crippen LogP contribution is -2.56. The van der Waals surface area contributed by atoms with Gasteiger partial charge in [0.1, 0.15) is 5.75 Å². The molecule has 1 aliphatic rings. The van der Waals surface area contributed by atoms with Crippen LogP contribution < -0.4 is 15.4 Å². The topological polar surface area (TPSA) is 83.6 Å². The van der Waals surface area contributed by atoms with Gasteiger partial charge in [0.05, 0.1) is 36.3 Å². The maximum Gasteiger partial charge on any atom is 0.237 e. The zero-order valence-corrected chi connectivity index (χ0v) is 18.6. The fourth-order valence-corrected chi connectivity index (χ4v) is 4.21. The molecule has 162 valence electrons. The first kappa shape index (κ1) is 22.2. The molecule has 2 heterocycles. The van der Waals surface area contributed by atoms with Gasteiger partial charge in [0.15, 0.2) is 0 Å². The van der Waals surface area contributed by atoms with Gasteiger partial charge in [-0.3, -0.25) is 14.5 Å². The number of rotatable bonds is 9. The molecule has 0 radical (unpaired) electrons. The van der Waals surface area contributed by atoms with Crippen molar-refractivity contribution < 1.29 is 14.3 Å². The molecule has 8 heteroatoms. The first-order valence-electron chi connectivity index (χ1n) is 10.4. The number of thiazole rings is 1. The molecule has 1 fully saturated rings. The molecule has 2 aromatic rings. The molecule has 0 bridgehead atoms. The number of carbonyl (C=O) groups excluding carboxylic acids is 2. The van der Waals surface area contributed by atoms with E-state index in [1.54, 1.807) is 11.3 Å². The second-order valence-corrected chi connectivity index (χ2v) is 8.56. The molecule has 0 unspecified atom stereocenters. The summed E-state index contributed by atoms with van der Waals surface area (Å²) in [6, 6.07) is 7.40. The fraction of sp³-hybridized carbons (Fsp3) is 0.500. The Morgan fingerprint density at radius 2 is 2.13 bits per heavy atom. The summed E-state index contributed by atoms with van der Waals surface area (Å²) in [6.07, 6.45) is 0.129. The predicted molar refractivity (Wildman–Crippen MR) is 117 cm³/mol. The smallest absolute Gasteiger partial charge is 0.237 e. The summed E-state index contributed by atoms with van der Waals surface area (Å²) < 4.78 is 5.48. The van der Waals surface area contributed by atoms with E-state index in [9.17, 15) is 9.59 Å². The Kier molecular flexibility index (Phi) is 7.81. The highest BCUT2D eigenvalue weighted by Gasteiger charge is 2.31. The predicted octanol–water partition coefficient (Wildman–Crippen LogP) is 2.67. The molecule has 7 nitrogen and oxygen atoms in total. The standard InChI is InChI=1S/C22H30N4O3S/c1-4-29-18-7-5-16(6-8-18)13-26-10-9-23-21(28)19(26)11-20(27)24-12-17-14-30-22(25-17)15(2)3/h5-8,14-15,19H,4,9-13H2,1-3H3,(H,23,28)(H,24,27)/t19-/m0/s1. The quantitative estimate of drug-likeness (QED) is 0.639. The maximum atomic E-state index is 12.5. The number of amides is 2. The minimum absolute atomic E-state index is 0.0990. The van der Waals surface area contributed by atoms with Crippen LogP contribution in [0.25, 0.3) is 0 Å². The molecule has 1 aromatic heterocycles. The molecule has 0 saturated carbocycles. The molecular formula is C22H30N4O3S. The minimum atomic E-state index is -0.480. The number of carbonyl (C=O) groups is 2. The van der Waals surface area contributed by atoms with Crippen molar-refractivity contribution in [2.24, 2.45) is 0 Å². The number of piperazine rings is 1. The van der Waals surface area contributed by atoms with Gasteiger partial charge in [0, 0.05) is 30.9 Å². The Morgan fingerprint density at radius 3 is 2.80 bits per heavy atom. The summed E-state index contributed by atoms with van der Waals surface area (Å²) in [5.41, 5.74) is 1.94. The number of nitrogens with one attached hydrogen (secondary N) is 2. The number of nitrogens with zero attached hydrogens (tertiary/aromatic N) is 2. The van der Waals surface area contributed by atoms with Gasteiger partial charge in [0.25, 0.3) is 0 Å². The maximum absolute atomic E-state index is 12.5. The van der Waals surface area contributed by atoms with Crippen LogP contribution in [-0.4, -0.2) is 47.4 Å². The van der Waals surface area contributed by atoms with Crippen LogP contribution in [-0.2, 0) is 22.7 Å².